The minimum Gasteiger partial charge on any atom is -0.465 e. The molecule has 2 aromatic carbocycles. The summed E-state index contributed by atoms with van der Waals surface area (Å²) in [5.74, 6) is -2.37. The number of methoxy groups -OCH3 is 1. The van der Waals surface area contributed by atoms with Gasteiger partial charge < -0.3 is 20.1 Å². The lowest BCUT2D eigenvalue weighted by atomic mass is 9.87. The average molecular weight is 385 g/mol. The second kappa shape index (κ2) is 6.14. The summed E-state index contributed by atoms with van der Waals surface area (Å²) >= 11 is 6.07. The van der Waals surface area contributed by atoms with Gasteiger partial charge in [-0.05, 0) is 30.3 Å². The molecule has 0 aromatic heterocycles. The lowest BCUT2D eigenvalue weighted by molar-refractivity contribution is -0.156. The Labute approximate surface area is 158 Å². The monoisotopic (exact) mass is 384 g/mol. The van der Waals surface area contributed by atoms with Crippen molar-refractivity contribution in [3.8, 4) is 0 Å². The van der Waals surface area contributed by atoms with Crippen molar-refractivity contribution >= 4 is 40.8 Å². The first-order chi connectivity index (χ1) is 13.0. The van der Waals surface area contributed by atoms with Gasteiger partial charge in [0, 0.05) is 22.0 Å². The zero-order chi connectivity index (χ0) is 19.2. The zero-order valence-corrected chi connectivity index (χ0v) is 14.8. The first kappa shape index (κ1) is 17.1. The van der Waals surface area contributed by atoms with E-state index in [1.165, 1.54) is 6.07 Å². The van der Waals surface area contributed by atoms with Gasteiger partial charge in [-0.25, -0.2) is 9.59 Å². The zero-order valence-electron chi connectivity index (χ0n) is 14.0. The minimum atomic E-state index is -1.96. The third kappa shape index (κ3) is 2.47. The lowest BCUT2D eigenvalue weighted by Crippen LogP contribution is -2.39. The van der Waals surface area contributed by atoms with Crippen LogP contribution in [-0.4, -0.2) is 25.0 Å². The summed E-state index contributed by atoms with van der Waals surface area (Å²) in [5.41, 5.74) is -1.11. The SMILES string of the molecule is COC(=O)C1=C(Nc2ccccc2)C(=O)OC12C(=O)Nc1ccc(Cl)cc12. The Kier molecular flexibility index (Phi) is 3.89. The van der Waals surface area contributed by atoms with Crippen molar-refractivity contribution in [2.45, 2.75) is 5.60 Å². The Morgan fingerprint density at radius 2 is 1.93 bits per heavy atom. The van der Waals surface area contributed by atoms with E-state index in [-0.39, 0.29) is 16.8 Å². The van der Waals surface area contributed by atoms with Gasteiger partial charge in [-0.2, -0.15) is 0 Å². The molecule has 1 atom stereocenters. The topological polar surface area (TPSA) is 93.7 Å². The van der Waals surface area contributed by atoms with Gasteiger partial charge in [-0.15, -0.1) is 0 Å². The number of halogens is 1. The Morgan fingerprint density at radius 3 is 2.63 bits per heavy atom. The lowest BCUT2D eigenvalue weighted by Gasteiger charge is -2.22. The molecule has 1 amide bonds. The van der Waals surface area contributed by atoms with Crippen LogP contribution >= 0.6 is 11.6 Å². The quantitative estimate of drug-likeness (QED) is 0.790. The van der Waals surface area contributed by atoms with Crippen molar-refractivity contribution in [3.63, 3.8) is 0 Å². The number of hydrogen-bond acceptors (Lipinski definition) is 6. The van der Waals surface area contributed by atoms with Crippen molar-refractivity contribution in [1.29, 1.82) is 0 Å². The van der Waals surface area contributed by atoms with Crippen molar-refractivity contribution in [2.24, 2.45) is 0 Å². The first-order valence-electron chi connectivity index (χ1n) is 7.97. The molecule has 0 saturated heterocycles. The van der Waals surface area contributed by atoms with E-state index in [0.29, 0.717) is 16.4 Å². The highest BCUT2D eigenvalue weighted by molar-refractivity contribution is 6.31. The van der Waals surface area contributed by atoms with Gasteiger partial charge in [-0.3, -0.25) is 4.79 Å². The molecule has 1 spiro atoms. The third-order valence-electron chi connectivity index (χ3n) is 4.41. The molecule has 0 saturated carbocycles. The molecule has 2 aliphatic rings. The number of amides is 1. The summed E-state index contributed by atoms with van der Waals surface area (Å²) < 4.78 is 10.3. The van der Waals surface area contributed by atoms with Crippen molar-refractivity contribution < 1.29 is 23.9 Å². The number of nitrogens with one attached hydrogen (secondary N) is 2. The Morgan fingerprint density at radius 1 is 1.19 bits per heavy atom. The highest BCUT2D eigenvalue weighted by Crippen LogP contribution is 2.50. The molecule has 0 bridgehead atoms. The average Bonchev–Trinajstić information content (AvgIpc) is 3.10. The van der Waals surface area contributed by atoms with Crippen molar-refractivity contribution in [3.05, 3.63) is 70.4 Å². The molecule has 2 aliphatic heterocycles. The number of para-hydroxylation sites is 1. The summed E-state index contributed by atoms with van der Waals surface area (Å²) in [5, 5.41) is 5.82. The van der Waals surface area contributed by atoms with Gasteiger partial charge in [-0.1, -0.05) is 29.8 Å². The highest BCUT2D eigenvalue weighted by Gasteiger charge is 2.62. The number of ether oxygens (including phenoxy) is 2. The van der Waals surface area contributed by atoms with E-state index < -0.39 is 23.4 Å². The first-order valence-corrected chi connectivity index (χ1v) is 8.35. The molecular weight excluding hydrogens is 372 g/mol. The van der Waals surface area contributed by atoms with E-state index in [2.05, 4.69) is 10.6 Å². The molecule has 4 rings (SSSR count). The summed E-state index contributed by atoms with van der Waals surface area (Å²) in [6, 6.07) is 13.4. The molecule has 27 heavy (non-hydrogen) atoms. The standard InChI is InChI=1S/C19H13ClN2O5/c1-26-16(23)14-15(21-11-5-3-2-4-6-11)17(24)27-19(14)12-9-10(20)7-8-13(12)22-18(19)25/h2-9,21H,1H3,(H,22,25). The maximum atomic E-state index is 12.8. The van der Waals surface area contributed by atoms with Crippen LogP contribution < -0.4 is 10.6 Å². The third-order valence-corrected chi connectivity index (χ3v) is 4.65. The molecule has 0 aliphatic carbocycles. The highest BCUT2D eigenvalue weighted by atomic mass is 35.5. The van der Waals surface area contributed by atoms with Crippen LogP contribution in [0.5, 0.6) is 0 Å². The summed E-state index contributed by atoms with van der Waals surface area (Å²) in [4.78, 5) is 38.1. The Balaban J connectivity index is 1.94. The van der Waals surface area contributed by atoms with Crippen LogP contribution in [0.25, 0.3) is 0 Å². The van der Waals surface area contributed by atoms with Crippen LogP contribution in [-0.2, 0) is 29.5 Å². The Hall–Kier alpha value is -3.32. The van der Waals surface area contributed by atoms with Gasteiger partial charge in [0.2, 0.25) is 0 Å². The van der Waals surface area contributed by atoms with E-state index in [9.17, 15) is 14.4 Å². The second-order valence-electron chi connectivity index (χ2n) is 5.95. The van der Waals surface area contributed by atoms with Gasteiger partial charge in [0.1, 0.15) is 11.3 Å². The van der Waals surface area contributed by atoms with Crippen LogP contribution in [0, 0.1) is 0 Å². The largest absolute Gasteiger partial charge is 0.465 e. The molecule has 1 unspecified atom stereocenters. The van der Waals surface area contributed by atoms with Crippen molar-refractivity contribution in [1.82, 2.24) is 0 Å². The molecule has 0 fully saturated rings. The fourth-order valence-corrected chi connectivity index (χ4v) is 3.42. The summed E-state index contributed by atoms with van der Waals surface area (Å²) in [6.45, 7) is 0. The van der Waals surface area contributed by atoms with E-state index in [0.717, 1.165) is 7.11 Å². The normalized spacial score (nSPS) is 20.4. The van der Waals surface area contributed by atoms with Crippen LogP contribution in [0.3, 0.4) is 0 Å². The summed E-state index contributed by atoms with van der Waals surface area (Å²) in [7, 11) is 1.16. The fourth-order valence-electron chi connectivity index (χ4n) is 3.25. The molecule has 2 aromatic rings. The predicted octanol–water partition coefficient (Wildman–Crippen LogP) is 2.58. The predicted molar refractivity (Wildman–Crippen MR) is 97.0 cm³/mol. The number of fused-ring (bicyclic) bond motifs is 2. The van der Waals surface area contributed by atoms with Crippen LogP contribution in [0.4, 0.5) is 11.4 Å². The Bertz CT molecular complexity index is 1020. The fraction of sp³-hybridized carbons (Fsp3) is 0.105. The summed E-state index contributed by atoms with van der Waals surface area (Å²) in [6.07, 6.45) is 0. The van der Waals surface area contributed by atoms with Crippen LogP contribution in [0.15, 0.2) is 59.8 Å². The van der Waals surface area contributed by atoms with Gasteiger partial charge in [0.05, 0.1) is 7.11 Å². The van der Waals surface area contributed by atoms with Gasteiger partial charge in [0.25, 0.3) is 11.5 Å². The number of rotatable bonds is 3. The molecule has 2 heterocycles. The molecule has 136 valence electrons. The van der Waals surface area contributed by atoms with E-state index in [1.54, 1.807) is 42.5 Å². The van der Waals surface area contributed by atoms with Crippen LogP contribution in [0.2, 0.25) is 5.02 Å². The number of carbonyl (C=O) groups is 3. The van der Waals surface area contributed by atoms with E-state index in [1.807, 2.05) is 0 Å². The smallest absolute Gasteiger partial charge is 0.357 e. The van der Waals surface area contributed by atoms with Crippen LogP contribution in [0.1, 0.15) is 5.56 Å². The molecule has 0 radical (unpaired) electrons. The number of anilines is 2. The van der Waals surface area contributed by atoms with Crippen molar-refractivity contribution in [2.75, 3.05) is 17.7 Å². The maximum Gasteiger partial charge on any atom is 0.357 e. The maximum absolute atomic E-state index is 12.8. The second-order valence-corrected chi connectivity index (χ2v) is 6.38. The van der Waals surface area contributed by atoms with Gasteiger partial charge >= 0.3 is 11.9 Å². The number of hydrogen-bond donors (Lipinski definition) is 2. The number of benzene rings is 2. The van der Waals surface area contributed by atoms with E-state index >= 15 is 0 Å². The number of esters is 2. The van der Waals surface area contributed by atoms with Gasteiger partial charge in [0.15, 0.2) is 0 Å². The minimum absolute atomic E-state index is 0.156. The molecule has 8 heteroatoms. The molecule has 7 nitrogen and oxygen atoms in total. The molecular formula is C19H13ClN2O5. The van der Waals surface area contributed by atoms with E-state index in [4.69, 9.17) is 21.1 Å². The molecule has 2 N–H and O–H groups in total. The number of carbonyl (C=O) groups excluding carboxylic acids is 3.